The van der Waals surface area contributed by atoms with Gasteiger partial charge in [-0.25, -0.2) is 9.97 Å². The van der Waals surface area contributed by atoms with Gasteiger partial charge in [0.15, 0.2) is 5.65 Å². The first-order valence-electron chi connectivity index (χ1n) is 10.6. The number of fused-ring (bicyclic) bond motifs is 1. The summed E-state index contributed by atoms with van der Waals surface area (Å²) in [5, 5.41) is 10.5. The zero-order valence-corrected chi connectivity index (χ0v) is 20.0. The molecule has 3 heterocycles. The van der Waals surface area contributed by atoms with Crippen LogP contribution >= 0.6 is 15.9 Å². The third kappa shape index (κ3) is 3.50. The minimum Gasteiger partial charge on any atom is -0.356 e. The number of rotatable bonds is 2. The van der Waals surface area contributed by atoms with Gasteiger partial charge < -0.3 is 4.90 Å². The van der Waals surface area contributed by atoms with E-state index in [0.29, 0.717) is 0 Å². The molecule has 0 radical (unpaired) electrons. The highest BCUT2D eigenvalue weighted by Crippen LogP contribution is 2.37. The van der Waals surface area contributed by atoms with Crippen LogP contribution in [0.25, 0.3) is 16.7 Å². The first kappa shape index (κ1) is 20.9. The SMILES string of the molecule is Cc1nc(N2CCCC(C#N)CC2)c2c(C)c(C)n(-c3c(C)cc(Br)cc3C)c2n1. The fourth-order valence-electron chi connectivity index (χ4n) is 4.74. The second kappa shape index (κ2) is 8.03. The van der Waals surface area contributed by atoms with Gasteiger partial charge in [-0.2, -0.15) is 5.26 Å². The van der Waals surface area contributed by atoms with Crippen LogP contribution in [0.15, 0.2) is 16.6 Å². The Morgan fingerprint density at radius 1 is 1.03 bits per heavy atom. The molecular weight excluding hydrogens is 438 g/mol. The van der Waals surface area contributed by atoms with Crippen molar-refractivity contribution in [2.24, 2.45) is 5.92 Å². The predicted octanol–water partition coefficient (Wildman–Crippen LogP) is 5.86. The van der Waals surface area contributed by atoms with E-state index in [0.717, 1.165) is 59.5 Å². The molecule has 0 N–H and O–H groups in total. The van der Waals surface area contributed by atoms with Crippen LogP contribution in [-0.4, -0.2) is 27.6 Å². The minimum atomic E-state index is 0.147. The van der Waals surface area contributed by atoms with Gasteiger partial charge in [-0.3, -0.25) is 4.57 Å². The van der Waals surface area contributed by atoms with Gasteiger partial charge in [0.2, 0.25) is 0 Å². The summed E-state index contributed by atoms with van der Waals surface area (Å²) < 4.78 is 3.39. The average molecular weight is 466 g/mol. The van der Waals surface area contributed by atoms with Crippen molar-refractivity contribution in [3.8, 4) is 11.8 Å². The third-order valence-corrected chi connectivity index (χ3v) is 6.80. The van der Waals surface area contributed by atoms with Crippen molar-refractivity contribution in [2.45, 2.75) is 53.9 Å². The van der Waals surface area contributed by atoms with Gasteiger partial charge >= 0.3 is 0 Å². The van der Waals surface area contributed by atoms with Crippen LogP contribution in [0.3, 0.4) is 0 Å². The maximum atomic E-state index is 9.37. The van der Waals surface area contributed by atoms with Crippen LogP contribution in [0.2, 0.25) is 0 Å². The van der Waals surface area contributed by atoms with Crippen molar-refractivity contribution in [2.75, 3.05) is 18.0 Å². The third-order valence-electron chi connectivity index (χ3n) is 6.34. The smallest absolute Gasteiger partial charge is 0.150 e. The molecule has 0 spiro atoms. The molecule has 0 aliphatic carbocycles. The molecule has 1 saturated heterocycles. The summed E-state index contributed by atoms with van der Waals surface area (Å²) in [5.74, 6) is 1.95. The summed E-state index contributed by atoms with van der Waals surface area (Å²) in [4.78, 5) is 12.2. The van der Waals surface area contributed by atoms with Gasteiger partial charge in [-0.1, -0.05) is 15.9 Å². The van der Waals surface area contributed by atoms with Crippen LogP contribution in [0, 0.1) is 51.9 Å². The quantitative estimate of drug-likeness (QED) is 0.475. The number of hydrogen-bond acceptors (Lipinski definition) is 4. The van der Waals surface area contributed by atoms with Crippen molar-refractivity contribution in [1.82, 2.24) is 14.5 Å². The molecule has 1 aromatic carbocycles. The highest BCUT2D eigenvalue weighted by Gasteiger charge is 2.25. The first-order chi connectivity index (χ1) is 14.3. The summed E-state index contributed by atoms with van der Waals surface area (Å²) in [7, 11) is 0. The van der Waals surface area contributed by atoms with Crippen molar-refractivity contribution in [1.29, 1.82) is 5.26 Å². The molecule has 3 aromatic rings. The Bertz CT molecular complexity index is 1150. The second-order valence-corrected chi connectivity index (χ2v) is 9.39. The fraction of sp³-hybridized carbons (Fsp3) is 0.458. The fourth-order valence-corrected chi connectivity index (χ4v) is 5.43. The van der Waals surface area contributed by atoms with E-state index in [1.54, 1.807) is 0 Å². The Morgan fingerprint density at radius 2 is 1.73 bits per heavy atom. The first-order valence-corrected chi connectivity index (χ1v) is 11.4. The largest absolute Gasteiger partial charge is 0.356 e. The van der Waals surface area contributed by atoms with Crippen LogP contribution in [0.4, 0.5) is 5.82 Å². The van der Waals surface area contributed by atoms with E-state index in [-0.39, 0.29) is 5.92 Å². The van der Waals surface area contributed by atoms with Crippen LogP contribution in [-0.2, 0) is 0 Å². The van der Waals surface area contributed by atoms with Gasteiger partial charge in [0, 0.05) is 29.2 Å². The lowest BCUT2D eigenvalue weighted by atomic mass is 10.0. The van der Waals surface area contributed by atoms with Gasteiger partial charge in [0.25, 0.3) is 0 Å². The zero-order chi connectivity index (χ0) is 21.6. The monoisotopic (exact) mass is 465 g/mol. The predicted molar refractivity (Wildman–Crippen MR) is 125 cm³/mol. The number of aromatic nitrogens is 3. The second-order valence-electron chi connectivity index (χ2n) is 8.47. The Balaban J connectivity index is 1.95. The number of aryl methyl sites for hydroxylation is 4. The standard InChI is InChI=1S/C24H28BrN5/c1-14-11-20(25)12-15(2)22(14)30-17(4)16(3)21-23(27-18(5)28-24(21)30)29-9-6-7-19(13-26)8-10-29/h11-12,19H,6-10H2,1-5H3. The molecule has 1 aliphatic rings. The number of nitrogens with zero attached hydrogens (tertiary/aromatic N) is 5. The van der Waals surface area contributed by atoms with Crippen molar-refractivity contribution in [3.05, 3.63) is 44.8 Å². The van der Waals surface area contributed by atoms with Crippen molar-refractivity contribution in [3.63, 3.8) is 0 Å². The van der Waals surface area contributed by atoms with Gasteiger partial charge in [-0.05, 0) is 82.7 Å². The lowest BCUT2D eigenvalue weighted by molar-refractivity contribution is 0.590. The lowest BCUT2D eigenvalue weighted by Gasteiger charge is -2.23. The number of benzene rings is 1. The van der Waals surface area contributed by atoms with Crippen LogP contribution < -0.4 is 4.90 Å². The zero-order valence-electron chi connectivity index (χ0n) is 18.4. The van der Waals surface area contributed by atoms with Crippen molar-refractivity contribution < 1.29 is 0 Å². The highest BCUT2D eigenvalue weighted by atomic mass is 79.9. The molecule has 1 unspecified atom stereocenters. The maximum Gasteiger partial charge on any atom is 0.150 e. The normalized spacial score (nSPS) is 17.2. The van der Waals surface area contributed by atoms with Crippen LogP contribution in [0.5, 0.6) is 0 Å². The summed E-state index contributed by atoms with van der Waals surface area (Å²) in [6.07, 6.45) is 2.88. The van der Waals surface area contributed by atoms with Crippen molar-refractivity contribution >= 4 is 32.8 Å². The van der Waals surface area contributed by atoms with E-state index < -0.39 is 0 Å². The van der Waals surface area contributed by atoms with E-state index in [1.807, 2.05) is 6.92 Å². The summed E-state index contributed by atoms with van der Waals surface area (Å²) in [6, 6.07) is 6.78. The van der Waals surface area contributed by atoms with Crippen LogP contribution in [0.1, 0.15) is 47.5 Å². The summed E-state index contributed by atoms with van der Waals surface area (Å²) >= 11 is 3.62. The molecule has 1 fully saturated rings. The molecule has 0 saturated carbocycles. The molecule has 0 bridgehead atoms. The maximum absolute atomic E-state index is 9.37. The Hall–Kier alpha value is -2.39. The average Bonchev–Trinajstić information content (AvgIpc) is 2.86. The van der Waals surface area contributed by atoms with E-state index in [4.69, 9.17) is 9.97 Å². The number of hydrogen-bond donors (Lipinski definition) is 0. The van der Waals surface area contributed by atoms with E-state index >= 15 is 0 Å². The van der Waals surface area contributed by atoms with Gasteiger partial charge in [-0.15, -0.1) is 0 Å². The number of anilines is 1. The Morgan fingerprint density at radius 3 is 2.40 bits per heavy atom. The van der Waals surface area contributed by atoms with Gasteiger partial charge in [0.05, 0.1) is 17.1 Å². The molecule has 0 amide bonds. The molecule has 156 valence electrons. The number of nitriles is 1. The summed E-state index contributed by atoms with van der Waals surface area (Å²) in [5.41, 5.74) is 7.02. The van der Waals surface area contributed by atoms with E-state index in [1.165, 1.54) is 28.1 Å². The molecule has 2 aromatic heterocycles. The topological polar surface area (TPSA) is 57.7 Å². The van der Waals surface area contributed by atoms with Gasteiger partial charge in [0.1, 0.15) is 11.6 Å². The van der Waals surface area contributed by atoms with E-state index in [2.05, 4.69) is 71.3 Å². The Labute approximate surface area is 186 Å². The molecule has 5 nitrogen and oxygen atoms in total. The molecule has 1 atom stereocenters. The summed E-state index contributed by atoms with van der Waals surface area (Å²) in [6.45, 7) is 12.4. The van der Waals surface area contributed by atoms with E-state index in [9.17, 15) is 5.26 Å². The lowest BCUT2D eigenvalue weighted by Crippen LogP contribution is -2.26. The molecule has 30 heavy (non-hydrogen) atoms. The molecule has 4 rings (SSSR count). The Kier molecular flexibility index (Phi) is 5.59. The minimum absolute atomic E-state index is 0.147. The molecular formula is C24H28BrN5. The molecule has 1 aliphatic heterocycles. The number of halogens is 1. The highest BCUT2D eigenvalue weighted by molar-refractivity contribution is 9.10. The molecule has 6 heteroatoms.